The molecule has 1 rings (SSSR count). The van der Waals surface area contributed by atoms with Crippen LogP contribution in [-0.4, -0.2) is 85.3 Å². The van der Waals surface area contributed by atoms with Crippen LogP contribution in [0.25, 0.3) is 0 Å². The maximum atomic E-state index is 10.3. The highest BCUT2D eigenvalue weighted by Gasteiger charge is 2.46. The molecule has 0 aromatic rings. The maximum absolute atomic E-state index is 10.3. The Balaban J connectivity index is 2.83. The Labute approximate surface area is 142 Å². The number of aliphatic hydroxyl groups is 6. The van der Waals surface area contributed by atoms with Gasteiger partial charge >= 0.3 is 0 Å². The highest BCUT2D eigenvalue weighted by atomic mass is 16.7. The molecule has 7 atom stereocenters. The van der Waals surface area contributed by atoms with Gasteiger partial charge in [0.25, 0.3) is 0 Å². The Hall–Kier alpha value is -0.580. The highest BCUT2D eigenvalue weighted by Crippen LogP contribution is 2.28. The molecule has 0 aromatic carbocycles. The quantitative estimate of drug-likeness (QED) is 0.296. The summed E-state index contributed by atoms with van der Waals surface area (Å²) in [5.41, 5.74) is -2.47. The summed E-state index contributed by atoms with van der Waals surface area (Å²) in [6.07, 6.45) is -6.02. The summed E-state index contributed by atoms with van der Waals surface area (Å²) in [6, 6.07) is 0. The predicted molar refractivity (Wildman–Crippen MR) is 85.0 cm³/mol. The van der Waals surface area contributed by atoms with E-state index >= 15 is 0 Å². The van der Waals surface area contributed by atoms with Crippen molar-refractivity contribution in [2.45, 2.75) is 81.6 Å². The van der Waals surface area contributed by atoms with Crippen molar-refractivity contribution in [3.8, 4) is 0 Å². The highest BCUT2D eigenvalue weighted by molar-refractivity contribution is 4.94. The van der Waals surface area contributed by atoms with E-state index in [-0.39, 0.29) is 12.8 Å². The summed E-state index contributed by atoms with van der Waals surface area (Å²) >= 11 is 0. The molecule has 1 heterocycles. The first-order valence-corrected chi connectivity index (χ1v) is 7.97. The fraction of sp³-hybridized carbons (Fsp3) is 0.875. The van der Waals surface area contributed by atoms with E-state index in [0.717, 1.165) is 0 Å². The average Bonchev–Trinajstić information content (AvgIpc) is 2.50. The van der Waals surface area contributed by atoms with Crippen molar-refractivity contribution >= 4 is 0 Å². The van der Waals surface area contributed by atoms with E-state index in [2.05, 4.69) is 6.58 Å². The number of ether oxygens (including phenoxy) is 2. The summed E-state index contributed by atoms with van der Waals surface area (Å²) < 4.78 is 10.9. The van der Waals surface area contributed by atoms with E-state index in [9.17, 15) is 30.6 Å². The van der Waals surface area contributed by atoms with Crippen molar-refractivity contribution in [2.24, 2.45) is 0 Å². The van der Waals surface area contributed by atoms with Gasteiger partial charge in [-0.05, 0) is 33.6 Å². The van der Waals surface area contributed by atoms with E-state index in [4.69, 9.17) is 9.47 Å². The monoisotopic (exact) mass is 350 g/mol. The van der Waals surface area contributed by atoms with Crippen LogP contribution in [0.5, 0.6) is 0 Å². The van der Waals surface area contributed by atoms with E-state index < -0.39 is 54.6 Å². The smallest absolute Gasteiger partial charge is 0.187 e. The summed E-state index contributed by atoms with van der Waals surface area (Å²) in [7, 11) is 0. The van der Waals surface area contributed by atoms with Crippen molar-refractivity contribution in [1.82, 2.24) is 0 Å². The normalized spacial score (nSPS) is 35.3. The molecule has 1 saturated heterocycles. The fourth-order valence-electron chi connectivity index (χ4n) is 2.45. The Kier molecular flexibility index (Phi) is 7.33. The minimum Gasteiger partial charge on any atom is -0.394 e. The van der Waals surface area contributed by atoms with Crippen LogP contribution in [-0.2, 0) is 9.47 Å². The lowest BCUT2D eigenvalue weighted by atomic mass is 9.91. The van der Waals surface area contributed by atoms with Crippen LogP contribution in [0.3, 0.4) is 0 Å². The van der Waals surface area contributed by atoms with Crippen molar-refractivity contribution in [1.29, 1.82) is 0 Å². The minimum atomic E-state index is -1.56. The van der Waals surface area contributed by atoms with Crippen LogP contribution in [0.4, 0.5) is 0 Å². The topological polar surface area (TPSA) is 140 Å². The fourth-order valence-corrected chi connectivity index (χ4v) is 2.45. The van der Waals surface area contributed by atoms with Gasteiger partial charge in [-0.3, -0.25) is 0 Å². The molecule has 6 N–H and O–H groups in total. The second kappa shape index (κ2) is 8.20. The third-order valence-corrected chi connectivity index (χ3v) is 4.29. The lowest BCUT2D eigenvalue weighted by molar-refractivity contribution is -0.322. The summed E-state index contributed by atoms with van der Waals surface area (Å²) in [4.78, 5) is 0. The Morgan fingerprint density at radius 3 is 2.17 bits per heavy atom. The maximum Gasteiger partial charge on any atom is 0.187 e. The van der Waals surface area contributed by atoms with E-state index in [1.165, 1.54) is 19.9 Å². The zero-order chi connectivity index (χ0) is 18.7. The summed E-state index contributed by atoms with van der Waals surface area (Å²) in [6.45, 7) is 7.54. The molecule has 0 aromatic heterocycles. The Morgan fingerprint density at radius 1 is 1.12 bits per heavy atom. The molecule has 0 unspecified atom stereocenters. The number of aliphatic hydroxyl groups excluding tert-OH is 4. The predicted octanol–water partition coefficient (Wildman–Crippen LogP) is -1.34. The van der Waals surface area contributed by atoms with E-state index in [0.29, 0.717) is 0 Å². The average molecular weight is 350 g/mol. The third kappa shape index (κ3) is 5.47. The van der Waals surface area contributed by atoms with Crippen LogP contribution in [0.2, 0.25) is 0 Å². The first kappa shape index (κ1) is 21.5. The molecule has 8 nitrogen and oxygen atoms in total. The van der Waals surface area contributed by atoms with Gasteiger partial charge in [-0.1, -0.05) is 6.08 Å². The van der Waals surface area contributed by atoms with Crippen LogP contribution in [0.15, 0.2) is 12.7 Å². The van der Waals surface area contributed by atoms with Crippen LogP contribution < -0.4 is 0 Å². The molecular formula is C16H30O8. The molecule has 8 heteroatoms. The van der Waals surface area contributed by atoms with Gasteiger partial charge in [0.15, 0.2) is 6.29 Å². The molecule has 24 heavy (non-hydrogen) atoms. The molecule has 0 amide bonds. The first-order valence-electron chi connectivity index (χ1n) is 7.97. The standard InChI is InChI=1S/C16H30O8/c1-5-16(4,22)7-6-10(15(2,3)21)24-14-13(20)12(19)11(18)9(8-17)23-14/h5,9-14,17-22H,1,6-8H2,2-4H3/t9-,10+,11-,12+,13-,14+,16+/m1/s1. The third-order valence-electron chi connectivity index (χ3n) is 4.29. The largest absolute Gasteiger partial charge is 0.394 e. The molecule has 142 valence electrons. The second-order valence-corrected chi connectivity index (χ2v) is 7.08. The second-order valence-electron chi connectivity index (χ2n) is 7.08. The lowest BCUT2D eigenvalue weighted by Gasteiger charge is -2.42. The Morgan fingerprint density at radius 2 is 1.71 bits per heavy atom. The number of hydrogen-bond acceptors (Lipinski definition) is 8. The molecule has 0 saturated carbocycles. The van der Waals surface area contributed by atoms with Gasteiger partial charge in [-0.25, -0.2) is 0 Å². The van der Waals surface area contributed by atoms with Gasteiger partial charge in [0.2, 0.25) is 0 Å². The molecular weight excluding hydrogens is 320 g/mol. The minimum absolute atomic E-state index is 0.220. The molecule has 1 aliphatic rings. The van der Waals surface area contributed by atoms with Crippen LogP contribution >= 0.6 is 0 Å². The summed E-state index contributed by atoms with van der Waals surface area (Å²) in [5.74, 6) is 0. The van der Waals surface area contributed by atoms with E-state index in [1.54, 1.807) is 6.92 Å². The van der Waals surface area contributed by atoms with Crippen molar-refractivity contribution < 1.29 is 40.1 Å². The molecule has 0 aliphatic carbocycles. The van der Waals surface area contributed by atoms with Crippen LogP contribution in [0, 0.1) is 0 Å². The van der Waals surface area contributed by atoms with Gasteiger partial charge < -0.3 is 40.1 Å². The number of rotatable bonds is 8. The van der Waals surface area contributed by atoms with Gasteiger partial charge in [0, 0.05) is 0 Å². The zero-order valence-corrected chi connectivity index (χ0v) is 14.4. The van der Waals surface area contributed by atoms with Crippen LogP contribution in [0.1, 0.15) is 33.6 Å². The summed E-state index contributed by atoms with van der Waals surface area (Å²) in [5, 5.41) is 59.1. The first-order chi connectivity index (χ1) is 10.9. The SMILES string of the molecule is C=C[C@](C)(O)CC[C@H](O[C@@H]1O[C@H](CO)[C@@H](O)[C@H](O)[C@H]1O)C(C)(C)O. The lowest BCUT2D eigenvalue weighted by Crippen LogP contribution is -2.60. The molecule has 0 bridgehead atoms. The number of hydrogen-bond donors (Lipinski definition) is 6. The Bertz CT molecular complexity index is 403. The van der Waals surface area contributed by atoms with Crippen molar-refractivity contribution in [3.05, 3.63) is 12.7 Å². The molecule has 1 aliphatic heterocycles. The van der Waals surface area contributed by atoms with Crippen molar-refractivity contribution in [3.63, 3.8) is 0 Å². The molecule has 1 fully saturated rings. The van der Waals surface area contributed by atoms with Gasteiger partial charge in [-0.2, -0.15) is 0 Å². The van der Waals surface area contributed by atoms with Gasteiger partial charge in [-0.15, -0.1) is 6.58 Å². The molecule has 0 spiro atoms. The zero-order valence-electron chi connectivity index (χ0n) is 14.4. The molecule has 0 radical (unpaired) electrons. The van der Waals surface area contributed by atoms with E-state index in [1.807, 2.05) is 0 Å². The van der Waals surface area contributed by atoms with Gasteiger partial charge in [0.05, 0.1) is 23.9 Å². The van der Waals surface area contributed by atoms with Crippen molar-refractivity contribution in [2.75, 3.05) is 6.61 Å². The van der Waals surface area contributed by atoms with Gasteiger partial charge in [0.1, 0.15) is 24.4 Å².